The van der Waals surface area contributed by atoms with Gasteiger partial charge in [-0.2, -0.15) is 0 Å². The summed E-state index contributed by atoms with van der Waals surface area (Å²) in [5, 5.41) is 16.7. The van der Waals surface area contributed by atoms with Crippen LogP contribution in [0.1, 0.15) is 77.7 Å². The van der Waals surface area contributed by atoms with Crippen LogP contribution in [-0.2, 0) is 20.7 Å². The first kappa shape index (κ1) is 27.0. The Morgan fingerprint density at radius 1 is 1.03 bits per heavy atom. The van der Waals surface area contributed by atoms with Crippen LogP contribution in [-0.4, -0.2) is 64.3 Å². The monoisotopic (exact) mass is 487 g/mol. The van der Waals surface area contributed by atoms with Crippen molar-refractivity contribution in [2.24, 2.45) is 0 Å². The van der Waals surface area contributed by atoms with Crippen LogP contribution in [0.3, 0.4) is 0 Å². The second-order valence-electron chi connectivity index (χ2n) is 10.8. The van der Waals surface area contributed by atoms with Gasteiger partial charge in [0.2, 0.25) is 5.91 Å². The molecule has 1 saturated carbocycles. The van der Waals surface area contributed by atoms with Crippen LogP contribution in [0.15, 0.2) is 30.3 Å². The van der Waals surface area contributed by atoms with Crippen molar-refractivity contribution >= 4 is 17.9 Å². The van der Waals surface area contributed by atoms with Gasteiger partial charge in [-0.25, -0.2) is 4.79 Å². The fourth-order valence-electron chi connectivity index (χ4n) is 4.98. The van der Waals surface area contributed by atoms with Crippen LogP contribution in [0.25, 0.3) is 0 Å². The SMILES string of the molecule is CC(C)(C)OC(=O)N[C@@H](Cc1ccccc1)C(=O)N1CCC[C@H]1C(O)C(=O)NC1CCCCCC1. The summed E-state index contributed by atoms with van der Waals surface area (Å²) >= 11 is 0. The number of carbonyl (C=O) groups is 3. The number of amides is 3. The second kappa shape index (κ2) is 12.4. The predicted octanol–water partition coefficient (Wildman–Crippen LogP) is 3.31. The van der Waals surface area contributed by atoms with Crippen molar-refractivity contribution in [1.29, 1.82) is 0 Å². The van der Waals surface area contributed by atoms with Gasteiger partial charge >= 0.3 is 6.09 Å². The summed E-state index contributed by atoms with van der Waals surface area (Å²) in [6, 6.07) is 8.03. The molecule has 3 atom stereocenters. The van der Waals surface area contributed by atoms with E-state index in [1.54, 1.807) is 25.7 Å². The van der Waals surface area contributed by atoms with E-state index in [4.69, 9.17) is 4.74 Å². The molecule has 35 heavy (non-hydrogen) atoms. The Bertz CT molecular complexity index is 846. The molecule has 3 rings (SSSR count). The van der Waals surface area contributed by atoms with Gasteiger partial charge in [-0.05, 0) is 52.0 Å². The molecule has 0 spiro atoms. The van der Waals surface area contributed by atoms with Gasteiger partial charge in [-0.15, -0.1) is 0 Å². The molecule has 8 nitrogen and oxygen atoms in total. The Hall–Kier alpha value is -2.61. The Morgan fingerprint density at radius 3 is 2.31 bits per heavy atom. The van der Waals surface area contributed by atoms with Gasteiger partial charge in [0, 0.05) is 19.0 Å². The Morgan fingerprint density at radius 2 is 1.69 bits per heavy atom. The minimum absolute atomic E-state index is 0.0740. The number of likely N-dealkylation sites (tertiary alicyclic amines) is 1. The Balaban J connectivity index is 1.70. The maximum atomic E-state index is 13.6. The van der Waals surface area contributed by atoms with Crippen LogP contribution in [0.5, 0.6) is 0 Å². The van der Waals surface area contributed by atoms with Gasteiger partial charge in [0.1, 0.15) is 11.6 Å². The third-order valence-electron chi connectivity index (χ3n) is 6.69. The molecule has 2 fully saturated rings. The number of aliphatic hydroxyl groups excluding tert-OH is 1. The zero-order chi connectivity index (χ0) is 25.4. The van der Waals surface area contributed by atoms with E-state index in [0.717, 1.165) is 31.2 Å². The van der Waals surface area contributed by atoms with Crippen LogP contribution >= 0.6 is 0 Å². The smallest absolute Gasteiger partial charge is 0.408 e. The first-order valence-corrected chi connectivity index (χ1v) is 13.0. The van der Waals surface area contributed by atoms with Crippen molar-refractivity contribution in [3.05, 3.63) is 35.9 Å². The molecular weight excluding hydrogens is 446 g/mol. The minimum atomic E-state index is -1.30. The van der Waals surface area contributed by atoms with E-state index in [0.29, 0.717) is 19.4 Å². The zero-order valence-electron chi connectivity index (χ0n) is 21.3. The van der Waals surface area contributed by atoms with Gasteiger partial charge in [0.25, 0.3) is 5.91 Å². The maximum Gasteiger partial charge on any atom is 0.408 e. The largest absolute Gasteiger partial charge is 0.444 e. The average molecular weight is 488 g/mol. The Kier molecular flexibility index (Phi) is 9.55. The molecule has 1 aromatic rings. The molecule has 1 aliphatic heterocycles. The minimum Gasteiger partial charge on any atom is -0.444 e. The van der Waals surface area contributed by atoms with Crippen molar-refractivity contribution in [1.82, 2.24) is 15.5 Å². The summed E-state index contributed by atoms with van der Waals surface area (Å²) in [6.07, 6.45) is 5.88. The number of ether oxygens (including phenoxy) is 1. The average Bonchev–Trinajstić information content (AvgIpc) is 3.15. The lowest BCUT2D eigenvalue weighted by Crippen LogP contribution is -2.56. The van der Waals surface area contributed by atoms with Crippen LogP contribution in [0, 0.1) is 0 Å². The summed E-state index contributed by atoms with van der Waals surface area (Å²) in [5.41, 5.74) is 0.191. The molecule has 1 saturated heterocycles. The lowest BCUT2D eigenvalue weighted by atomic mass is 10.0. The molecule has 1 heterocycles. The number of hydrogen-bond donors (Lipinski definition) is 3. The van der Waals surface area contributed by atoms with Gasteiger partial charge in [-0.3, -0.25) is 9.59 Å². The van der Waals surface area contributed by atoms with Crippen molar-refractivity contribution in [2.75, 3.05) is 6.54 Å². The molecule has 8 heteroatoms. The third kappa shape index (κ3) is 8.23. The second-order valence-corrected chi connectivity index (χ2v) is 10.8. The van der Waals surface area contributed by atoms with Crippen molar-refractivity contribution in [2.45, 2.75) is 108 Å². The molecule has 1 aromatic carbocycles. The van der Waals surface area contributed by atoms with Gasteiger partial charge in [0.15, 0.2) is 6.10 Å². The van der Waals surface area contributed by atoms with E-state index in [2.05, 4.69) is 10.6 Å². The molecule has 0 radical (unpaired) electrons. The molecule has 3 N–H and O–H groups in total. The summed E-state index contributed by atoms with van der Waals surface area (Å²) in [6.45, 7) is 5.72. The first-order valence-electron chi connectivity index (χ1n) is 13.0. The van der Waals surface area contributed by atoms with E-state index >= 15 is 0 Å². The zero-order valence-corrected chi connectivity index (χ0v) is 21.3. The third-order valence-corrected chi connectivity index (χ3v) is 6.69. The number of benzene rings is 1. The van der Waals surface area contributed by atoms with E-state index < -0.39 is 35.8 Å². The van der Waals surface area contributed by atoms with E-state index in [1.165, 1.54) is 12.8 Å². The normalized spacial score (nSPS) is 21.0. The fraction of sp³-hybridized carbons (Fsp3) is 0.667. The highest BCUT2D eigenvalue weighted by molar-refractivity contribution is 5.88. The molecular formula is C27H41N3O5. The lowest BCUT2D eigenvalue weighted by molar-refractivity contribution is -0.141. The van der Waals surface area contributed by atoms with Crippen molar-refractivity contribution in [3.63, 3.8) is 0 Å². The summed E-state index contributed by atoms with van der Waals surface area (Å²) in [5.74, 6) is -0.732. The summed E-state index contributed by atoms with van der Waals surface area (Å²) in [7, 11) is 0. The van der Waals surface area contributed by atoms with E-state index in [9.17, 15) is 19.5 Å². The molecule has 1 aliphatic carbocycles. The fourth-order valence-corrected chi connectivity index (χ4v) is 4.98. The van der Waals surface area contributed by atoms with E-state index in [1.807, 2.05) is 30.3 Å². The van der Waals surface area contributed by atoms with Crippen LogP contribution in [0.2, 0.25) is 0 Å². The molecule has 1 unspecified atom stereocenters. The van der Waals surface area contributed by atoms with Gasteiger partial charge in [0.05, 0.1) is 6.04 Å². The summed E-state index contributed by atoms with van der Waals surface area (Å²) in [4.78, 5) is 40.6. The standard InChI is InChI=1S/C27H41N3O5/c1-27(2,3)35-26(34)29-21(18-19-12-7-6-8-13-19)25(33)30-17-11-16-22(30)23(31)24(32)28-20-14-9-4-5-10-15-20/h6-8,12-13,20-23,31H,4-5,9-11,14-18H2,1-3H3,(H,28,32)(H,29,34)/t21-,22-,23?/m0/s1. The van der Waals surface area contributed by atoms with Gasteiger partial charge < -0.3 is 25.4 Å². The topological polar surface area (TPSA) is 108 Å². The van der Waals surface area contributed by atoms with E-state index in [-0.39, 0.29) is 18.4 Å². The quantitative estimate of drug-likeness (QED) is 0.512. The number of aliphatic hydroxyl groups is 1. The first-order chi connectivity index (χ1) is 16.6. The maximum absolute atomic E-state index is 13.6. The van der Waals surface area contributed by atoms with Crippen LogP contribution in [0.4, 0.5) is 4.79 Å². The van der Waals surface area contributed by atoms with Crippen molar-refractivity contribution in [3.8, 4) is 0 Å². The van der Waals surface area contributed by atoms with Crippen LogP contribution < -0.4 is 10.6 Å². The number of carbonyl (C=O) groups excluding carboxylic acids is 3. The van der Waals surface area contributed by atoms with Crippen molar-refractivity contribution < 1.29 is 24.2 Å². The molecule has 0 aromatic heterocycles. The highest BCUT2D eigenvalue weighted by Crippen LogP contribution is 2.24. The highest BCUT2D eigenvalue weighted by atomic mass is 16.6. The Labute approximate surface area is 208 Å². The van der Waals surface area contributed by atoms with Gasteiger partial charge in [-0.1, -0.05) is 56.0 Å². The molecule has 0 bridgehead atoms. The molecule has 2 aliphatic rings. The highest BCUT2D eigenvalue weighted by Gasteiger charge is 2.40. The lowest BCUT2D eigenvalue weighted by Gasteiger charge is -2.32. The molecule has 3 amide bonds. The molecule has 194 valence electrons. The number of nitrogens with zero attached hydrogens (tertiary/aromatic N) is 1. The predicted molar refractivity (Wildman–Crippen MR) is 134 cm³/mol. The number of nitrogens with one attached hydrogen (secondary N) is 2. The summed E-state index contributed by atoms with van der Waals surface area (Å²) < 4.78 is 5.39. The number of rotatable bonds is 7. The number of hydrogen-bond acceptors (Lipinski definition) is 5. The number of alkyl carbamates (subject to hydrolysis) is 1.